The lowest BCUT2D eigenvalue weighted by Crippen LogP contribution is -2.45. The monoisotopic (exact) mass is 577 g/mol. The Morgan fingerprint density at radius 1 is 1.12 bits per heavy atom. The third-order valence-corrected chi connectivity index (χ3v) is 3.87. The maximum atomic E-state index is 12.1. The number of halogens is 2. The van der Waals surface area contributed by atoms with Gasteiger partial charge in [0.25, 0.3) is 0 Å². The molecule has 0 unspecified atom stereocenters. The Morgan fingerprint density at radius 2 is 1.64 bits per heavy atom. The van der Waals surface area contributed by atoms with E-state index in [1.165, 1.54) is 12.8 Å². The van der Waals surface area contributed by atoms with Crippen molar-refractivity contribution in [2.75, 3.05) is 0 Å². The number of aliphatic carboxylic acids is 1. The minimum atomic E-state index is -0.974. The third-order valence-electron chi connectivity index (χ3n) is 3.87. The lowest BCUT2D eigenvalue weighted by atomic mass is 9.88. The van der Waals surface area contributed by atoms with E-state index in [1.54, 1.807) is 0 Å². The van der Waals surface area contributed by atoms with Crippen molar-refractivity contribution in [3.63, 3.8) is 0 Å². The molecule has 1 aliphatic rings. The first-order chi connectivity index (χ1) is 11.1. The summed E-state index contributed by atoms with van der Waals surface area (Å²) in [7, 11) is 0. The summed E-state index contributed by atoms with van der Waals surface area (Å²) in [5, 5.41) is 12.0. The molecular weight excluding hydrogens is 544 g/mol. The molecule has 1 aliphatic carbocycles. The van der Waals surface area contributed by atoms with E-state index < -0.39 is 12.0 Å². The summed E-state index contributed by atoms with van der Waals surface area (Å²) in [4.78, 5) is 23.4. The molecule has 0 aromatic heterocycles. The average Bonchev–Trinajstić information content (AvgIpc) is 2.56. The standard InChI is InChI=1S/C16H21NO3.C3H8.2HI.H2/c18-15(13-9-5-2-6-10-13)17-14(16(19)20)11-12-7-3-1-4-8-12;1-3-2;;;/h1,3-4,7-8,13-14H,2,5-6,9-11H2,(H,17,18)(H,19,20);3H2,1-2H3;3*1H/t14-;;;;/m1..../s1. The molecule has 1 aromatic rings. The van der Waals surface area contributed by atoms with Crippen LogP contribution in [0.5, 0.6) is 0 Å². The van der Waals surface area contributed by atoms with Crippen molar-refractivity contribution in [3.8, 4) is 0 Å². The van der Waals surface area contributed by atoms with Crippen LogP contribution in [0.1, 0.15) is 59.4 Å². The number of nitrogens with one attached hydrogen (secondary N) is 1. The summed E-state index contributed by atoms with van der Waals surface area (Å²) in [6.45, 7) is 4.25. The van der Waals surface area contributed by atoms with Crippen molar-refractivity contribution >= 4 is 59.8 Å². The van der Waals surface area contributed by atoms with Gasteiger partial charge in [0, 0.05) is 13.8 Å². The largest absolute Gasteiger partial charge is 0.480 e. The van der Waals surface area contributed by atoms with Crippen LogP contribution in [0.25, 0.3) is 0 Å². The zero-order chi connectivity index (χ0) is 17.1. The van der Waals surface area contributed by atoms with Gasteiger partial charge in [-0.25, -0.2) is 4.79 Å². The molecular formula is C19H33I2NO3. The van der Waals surface area contributed by atoms with Crippen LogP contribution < -0.4 is 5.32 Å². The van der Waals surface area contributed by atoms with Crippen LogP contribution in [0, 0.1) is 5.92 Å². The fraction of sp³-hybridized carbons (Fsp3) is 0.579. The number of amides is 1. The van der Waals surface area contributed by atoms with Crippen LogP contribution in [-0.2, 0) is 16.0 Å². The Balaban J connectivity index is -0.000000825. The first-order valence-corrected chi connectivity index (χ1v) is 8.65. The molecule has 6 heteroatoms. The highest BCUT2D eigenvalue weighted by atomic mass is 127. The molecule has 0 aliphatic heterocycles. The molecule has 1 saturated carbocycles. The van der Waals surface area contributed by atoms with Gasteiger partial charge in [-0.05, 0) is 18.4 Å². The van der Waals surface area contributed by atoms with E-state index in [4.69, 9.17) is 0 Å². The van der Waals surface area contributed by atoms with Gasteiger partial charge < -0.3 is 10.4 Å². The Bertz CT molecular complexity index is 483. The maximum absolute atomic E-state index is 12.1. The number of hydrogen-bond acceptors (Lipinski definition) is 2. The van der Waals surface area contributed by atoms with Gasteiger partial charge >= 0.3 is 5.97 Å². The number of carbonyl (C=O) groups is 2. The van der Waals surface area contributed by atoms with Gasteiger partial charge in [-0.3, -0.25) is 4.79 Å². The summed E-state index contributed by atoms with van der Waals surface area (Å²) in [6.07, 6.45) is 6.64. The SMILES string of the molecule is CCC.I.I.O=C(N[C@H](Cc1ccccc1)C(=O)O)C1CCCCC1.[HH]. The van der Waals surface area contributed by atoms with E-state index in [2.05, 4.69) is 19.2 Å². The van der Waals surface area contributed by atoms with Crippen LogP contribution in [0.2, 0.25) is 0 Å². The van der Waals surface area contributed by atoms with Gasteiger partial charge in [0.15, 0.2) is 0 Å². The lowest BCUT2D eigenvalue weighted by molar-refractivity contribution is -0.142. The van der Waals surface area contributed by atoms with Crippen molar-refractivity contribution in [1.29, 1.82) is 0 Å². The summed E-state index contributed by atoms with van der Waals surface area (Å²) in [5.74, 6) is -1.09. The Labute approximate surface area is 187 Å². The highest BCUT2D eigenvalue weighted by molar-refractivity contribution is 14.0. The van der Waals surface area contributed by atoms with Gasteiger partial charge in [0.1, 0.15) is 6.04 Å². The zero-order valence-electron chi connectivity index (χ0n) is 15.1. The molecule has 1 atom stereocenters. The van der Waals surface area contributed by atoms with Gasteiger partial charge in [0.2, 0.25) is 5.91 Å². The molecule has 4 nitrogen and oxygen atoms in total. The van der Waals surface area contributed by atoms with E-state index in [0.29, 0.717) is 6.42 Å². The number of carboxylic acid groups (broad SMARTS) is 1. The number of benzene rings is 1. The first kappa shape index (κ1) is 26.8. The molecule has 0 saturated heterocycles. The minimum absolute atomic E-state index is 0. The number of carbonyl (C=O) groups excluding carboxylic acids is 1. The summed E-state index contributed by atoms with van der Waals surface area (Å²) in [6, 6.07) is 8.55. The highest BCUT2D eigenvalue weighted by Gasteiger charge is 2.26. The predicted octanol–water partition coefficient (Wildman–Crippen LogP) is 5.28. The van der Waals surface area contributed by atoms with Gasteiger partial charge in [-0.1, -0.05) is 69.9 Å². The zero-order valence-corrected chi connectivity index (χ0v) is 19.7. The maximum Gasteiger partial charge on any atom is 0.326 e. The Morgan fingerprint density at radius 3 is 2.12 bits per heavy atom. The molecule has 0 heterocycles. The topological polar surface area (TPSA) is 66.4 Å². The van der Waals surface area contributed by atoms with Crippen molar-refractivity contribution < 1.29 is 16.1 Å². The van der Waals surface area contributed by atoms with Crippen LogP contribution in [-0.4, -0.2) is 23.0 Å². The molecule has 25 heavy (non-hydrogen) atoms. The van der Waals surface area contributed by atoms with Crippen LogP contribution in [0.3, 0.4) is 0 Å². The highest BCUT2D eigenvalue weighted by Crippen LogP contribution is 2.23. The van der Waals surface area contributed by atoms with Gasteiger partial charge in [-0.2, -0.15) is 0 Å². The quantitative estimate of drug-likeness (QED) is 0.469. The summed E-state index contributed by atoms with van der Waals surface area (Å²) < 4.78 is 0. The molecule has 0 spiro atoms. The van der Waals surface area contributed by atoms with E-state index in [-0.39, 0.29) is 61.2 Å². The predicted molar refractivity (Wildman–Crippen MR) is 125 cm³/mol. The van der Waals surface area contributed by atoms with E-state index in [0.717, 1.165) is 31.2 Å². The van der Waals surface area contributed by atoms with Gasteiger partial charge in [-0.15, -0.1) is 48.0 Å². The third kappa shape index (κ3) is 11.0. The van der Waals surface area contributed by atoms with Crippen molar-refractivity contribution in [1.82, 2.24) is 5.32 Å². The molecule has 2 N–H and O–H groups in total. The summed E-state index contributed by atoms with van der Waals surface area (Å²) >= 11 is 0. The van der Waals surface area contributed by atoms with Crippen LogP contribution >= 0.6 is 48.0 Å². The smallest absolute Gasteiger partial charge is 0.326 e. The molecule has 0 radical (unpaired) electrons. The number of carboxylic acids is 1. The second-order valence-electron chi connectivity index (χ2n) is 6.13. The minimum Gasteiger partial charge on any atom is -0.480 e. The van der Waals surface area contributed by atoms with Crippen molar-refractivity contribution in [3.05, 3.63) is 35.9 Å². The Hall–Kier alpha value is -0.380. The normalized spacial score (nSPS) is 14.6. The lowest BCUT2D eigenvalue weighted by Gasteiger charge is -2.23. The average molecular weight is 577 g/mol. The van der Waals surface area contributed by atoms with E-state index in [1.807, 2.05) is 30.3 Å². The molecule has 1 aromatic carbocycles. The van der Waals surface area contributed by atoms with E-state index >= 15 is 0 Å². The molecule has 0 bridgehead atoms. The molecule has 1 amide bonds. The first-order valence-electron chi connectivity index (χ1n) is 8.65. The summed E-state index contributed by atoms with van der Waals surface area (Å²) in [5.41, 5.74) is 0.920. The fourth-order valence-electron chi connectivity index (χ4n) is 2.70. The van der Waals surface area contributed by atoms with Crippen LogP contribution in [0.4, 0.5) is 0 Å². The number of rotatable bonds is 5. The fourth-order valence-corrected chi connectivity index (χ4v) is 2.70. The second kappa shape index (κ2) is 15.8. The molecule has 2 rings (SSSR count). The van der Waals surface area contributed by atoms with E-state index in [9.17, 15) is 14.7 Å². The molecule has 1 fully saturated rings. The van der Waals surface area contributed by atoms with Gasteiger partial charge in [0.05, 0.1) is 0 Å². The number of hydrogen-bond donors (Lipinski definition) is 2. The van der Waals surface area contributed by atoms with Crippen molar-refractivity contribution in [2.24, 2.45) is 5.92 Å². The van der Waals surface area contributed by atoms with Crippen LogP contribution in [0.15, 0.2) is 30.3 Å². The Kier molecular flexibility index (Phi) is 17.0. The van der Waals surface area contributed by atoms with Crippen molar-refractivity contribution in [2.45, 2.75) is 64.8 Å². The second-order valence-corrected chi connectivity index (χ2v) is 6.13. The molecule has 146 valence electrons.